The molecule has 0 fully saturated rings. The highest BCUT2D eigenvalue weighted by Crippen LogP contribution is 2.16. The van der Waals surface area contributed by atoms with E-state index in [1.807, 2.05) is 6.92 Å². The molecule has 0 aliphatic carbocycles. The van der Waals surface area contributed by atoms with Crippen LogP contribution in [0.1, 0.15) is 19.8 Å². The van der Waals surface area contributed by atoms with Gasteiger partial charge in [-0.3, -0.25) is 9.59 Å². The predicted molar refractivity (Wildman–Crippen MR) is 61.3 cm³/mol. The molecule has 0 spiro atoms. The van der Waals surface area contributed by atoms with Crippen molar-refractivity contribution in [2.75, 3.05) is 11.4 Å². The van der Waals surface area contributed by atoms with Gasteiger partial charge in [-0.15, -0.1) is 0 Å². The zero-order valence-corrected chi connectivity index (χ0v) is 9.52. The Bertz CT molecular complexity index is 403. The van der Waals surface area contributed by atoms with Gasteiger partial charge in [0.15, 0.2) is 0 Å². The first kappa shape index (κ1) is 13.2. The molecule has 0 heterocycles. The van der Waals surface area contributed by atoms with E-state index in [9.17, 15) is 14.0 Å². The van der Waals surface area contributed by atoms with Crippen LogP contribution in [-0.4, -0.2) is 23.5 Å². The van der Waals surface area contributed by atoms with Gasteiger partial charge >= 0.3 is 5.97 Å². The van der Waals surface area contributed by atoms with Gasteiger partial charge in [0.2, 0.25) is 5.91 Å². The number of carbonyl (C=O) groups is 2. The molecule has 4 nitrogen and oxygen atoms in total. The first-order valence-corrected chi connectivity index (χ1v) is 5.32. The van der Waals surface area contributed by atoms with Gasteiger partial charge in [0.25, 0.3) is 0 Å². The Morgan fingerprint density at radius 3 is 2.35 bits per heavy atom. The molecular formula is C12H14FNO3. The van der Waals surface area contributed by atoms with Gasteiger partial charge in [0.1, 0.15) is 12.4 Å². The van der Waals surface area contributed by atoms with Crippen LogP contribution in [0, 0.1) is 5.82 Å². The highest BCUT2D eigenvalue weighted by atomic mass is 19.1. The van der Waals surface area contributed by atoms with Gasteiger partial charge in [0, 0.05) is 12.1 Å². The third kappa shape index (κ3) is 3.86. The Morgan fingerprint density at radius 2 is 1.88 bits per heavy atom. The molecule has 0 aliphatic rings. The maximum Gasteiger partial charge on any atom is 0.323 e. The Balaban J connectivity index is 2.92. The minimum absolute atomic E-state index is 0.269. The second kappa shape index (κ2) is 5.98. The number of carboxylic acids is 1. The van der Waals surface area contributed by atoms with Crippen molar-refractivity contribution in [2.45, 2.75) is 19.8 Å². The molecule has 1 aromatic carbocycles. The summed E-state index contributed by atoms with van der Waals surface area (Å²) >= 11 is 0. The molecule has 0 unspecified atom stereocenters. The van der Waals surface area contributed by atoms with Crippen LogP contribution in [0.25, 0.3) is 0 Å². The monoisotopic (exact) mass is 239 g/mol. The molecule has 0 bridgehead atoms. The number of anilines is 1. The smallest absolute Gasteiger partial charge is 0.323 e. The fourth-order valence-electron chi connectivity index (χ4n) is 1.43. The average molecular weight is 239 g/mol. The molecule has 1 aromatic rings. The lowest BCUT2D eigenvalue weighted by molar-refractivity contribution is -0.136. The van der Waals surface area contributed by atoms with Crippen molar-refractivity contribution >= 4 is 17.6 Å². The third-order valence-corrected chi connectivity index (χ3v) is 2.20. The van der Waals surface area contributed by atoms with Gasteiger partial charge in [0.05, 0.1) is 0 Å². The van der Waals surface area contributed by atoms with Crippen LogP contribution in [0.15, 0.2) is 24.3 Å². The number of hydrogen-bond donors (Lipinski definition) is 1. The van der Waals surface area contributed by atoms with Crippen LogP contribution >= 0.6 is 0 Å². The number of hydrogen-bond acceptors (Lipinski definition) is 2. The van der Waals surface area contributed by atoms with E-state index >= 15 is 0 Å². The molecule has 0 saturated carbocycles. The molecule has 0 aromatic heterocycles. The molecule has 0 radical (unpaired) electrons. The van der Waals surface area contributed by atoms with Gasteiger partial charge in [-0.1, -0.05) is 6.92 Å². The molecule has 0 saturated heterocycles. The topological polar surface area (TPSA) is 57.6 Å². The Morgan fingerprint density at radius 1 is 1.29 bits per heavy atom. The third-order valence-electron chi connectivity index (χ3n) is 2.20. The lowest BCUT2D eigenvalue weighted by Crippen LogP contribution is -2.35. The summed E-state index contributed by atoms with van der Waals surface area (Å²) in [7, 11) is 0. The predicted octanol–water partition coefficient (Wildman–Crippen LogP) is 2.04. The molecular weight excluding hydrogens is 225 g/mol. The normalized spacial score (nSPS) is 10.0. The number of aliphatic carboxylic acids is 1. The van der Waals surface area contributed by atoms with Crippen LogP contribution in [-0.2, 0) is 9.59 Å². The number of benzene rings is 1. The number of amides is 1. The maximum absolute atomic E-state index is 12.7. The van der Waals surface area contributed by atoms with Gasteiger partial charge in [-0.25, -0.2) is 4.39 Å². The summed E-state index contributed by atoms with van der Waals surface area (Å²) < 4.78 is 12.7. The van der Waals surface area contributed by atoms with Crippen LogP contribution in [0.3, 0.4) is 0 Å². The average Bonchev–Trinajstić information content (AvgIpc) is 2.27. The van der Waals surface area contributed by atoms with E-state index in [1.54, 1.807) is 0 Å². The van der Waals surface area contributed by atoms with E-state index in [4.69, 9.17) is 5.11 Å². The van der Waals surface area contributed by atoms with Crippen molar-refractivity contribution in [1.29, 1.82) is 0 Å². The van der Waals surface area contributed by atoms with Crippen molar-refractivity contribution in [1.82, 2.24) is 0 Å². The molecule has 1 rings (SSSR count). The maximum atomic E-state index is 12.7. The summed E-state index contributed by atoms with van der Waals surface area (Å²) in [6.45, 7) is 1.42. The first-order chi connectivity index (χ1) is 8.04. The van der Waals surface area contributed by atoms with Crippen molar-refractivity contribution in [3.8, 4) is 0 Å². The van der Waals surface area contributed by atoms with Gasteiger partial charge in [-0.2, -0.15) is 0 Å². The summed E-state index contributed by atoms with van der Waals surface area (Å²) in [6.07, 6.45) is 0.904. The fourth-order valence-corrected chi connectivity index (χ4v) is 1.43. The number of carboxylic acid groups (broad SMARTS) is 1. The van der Waals surface area contributed by atoms with E-state index in [2.05, 4.69) is 0 Å². The first-order valence-electron chi connectivity index (χ1n) is 5.32. The van der Waals surface area contributed by atoms with E-state index < -0.39 is 18.3 Å². The van der Waals surface area contributed by atoms with Crippen LogP contribution in [0.5, 0.6) is 0 Å². The molecule has 1 N–H and O–H groups in total. The summed E-state index contributed by atoms with van der Waals surface area (Å²) in [4.78, 5) is 23.6. The second-order valence-corrected chi connectivity index (χ2v) is 3.60. The van der Waals surface area contributed by atoms with Crippen molar-refractivity contribution in [3.05, 3.63) is 30.1 Å². The summed E-state index contributed by atoms with van der Waals surface area (Å²) in [5, 5.41) is 8.75. The molecule has 5 heteroatoms. The Kier molecular flexibility index (Phi) is 4.63. The summed E-state index contributed by atoms with van der Waals surface area (Å²) in [5.41, 5.74) is 0.396. The fraction of sp³-hybridized carbons (Fsp3) is 0.333. The van der Waals surface area contributed by atoms with Crippen LogP contribution in [0.4, 0.5) is 10.1 Å². The highest BCUT2D eigenvalue weighted by molar-refractivity contribution is 5.97. The van der Waals surface area contributed by atoms with Crippen LogP contribution in [0.2, 0.25) is 0 Å². The molecule has 0 aliphatic heterocycles. The number of halogens is 1. The van der Waals surface area contributed by atoms with Gasteiger partial charge in [-0.05, 0) is 30.7 Å². The lowest BCUT2D eigenvalue weighted by Gasteiger charge is -2.20. The van der Waals surface area contributed by atoms with Crippen molar-refractivity contribution in [3.63, 3.8) is 0 Å². The van der Waals surface area contributed by atoms with E-state index in [1.165, 1.54) is 24.3 Å². The molecule has 0 atom stereocenters. The van der Waals surface area contributed by atoms with E-state index in [-0.39, 0.29) is 12.3 Å². The number of nitrogens with zero attached hydrogens (tertiary/aromatic N) is 1. The Labute approximate surface area is 98.7 Å². The van der Waals surface area contributed by atoms with E-state index in [0.29, 0.717) is 12.1 Å². The molecule has 17 heavy (non-hydrogen) atoms. The largest absolute Gasteiger partial charge is 0.480 e. The standard InChI is InChI=1S/C12H14FNO3/c1-2-3-11(15)14(8-12(16)17)10-6-4-9(13)5-7-10/h4-7H,2-3,8H2,1H3,(H,16,17). The van der Waals surface area contributed by atoms with Crippen molar-refractivity contribution < 1.29 is 19.1 Å². The SMILES string of the molecule is CCCC(=O)N(CC(=O)O)c1ccc(F)cc1. The van der Waals surface area contributed by atoms with Gasteiger partial charge < -0.3 is 10.0 Å². The zero-order valence-electron chi connectivity index (χ0n) is 9.52. The number of carbonyl (C=O) groups excluding carboxylic acids is 1. The summed E-state index contributed by atoms with van der Waals surface area (Å²) in [6, 6.07) is 5.19. The highest BCUT2D eigenvalue weighted by Gasteiger charge is 2.17. The molecule has 92 valence electrons. The zero-order chi connectivity index (χ0) is 12.8. The van der Waals surface area contributed by atoms with Crippen molar-refractivity contribution in [2.24, 2.45) is 0 Å². The lowest BCUT2D eigenvalue weighted by atomic mass is 10.2. The second-order valence-electron chi connectivity index (χ2n) is 3.60. The minimum atomic E-state index is -1.10. The minimum Gasteiger partial charge on any atom is -0.480 e. The van der Waals surface area contributed by atoms with E-state index in [0.717, 1.165) is 4.90 Å². The Hall–Kier alpha value is -1.91. The summed E-state index contributed by atoms with van der Waals surface area (Å²) in [5.74, 6) is -1.80. The van der Waals surface area contributed by atoms with Crippen LogP contribution < -0.4 is 4.90 Å². The number of rotatable bonds is 5. The quantitative estimate of drug-likeness (QED) is 0.855. The molecule has 1 amide bonds.